The van der Waals surface area contributed by atoms with Gasteiger partial charge in [0.2, 0.25) is 0 Å². The van der Waals surface area contributed by atoms with Crippen molar-refractivity contribution in [3.05, 3.63) is 35.9 Å². The van der Waals surface area contributed by atoms with Gasteiger partial charge in [-0.1, -0.05) is 30.3 Å². The number of hydrogen-bond acceptors (Lipinski definition) is 4. The third kappa shape index (κ3) is 3.66. The molecule has 0 aliphatic carbocycles. The first-order chi connectivity index (χ1) is 9.52. The molecule has 1 heterocycles. The average Bonchev–Trinajstić information content (AvgIpc) is 2.47. The molecule has 0 saturated carbocycles. The number of hydrogen-bond donors (Lipinski definition) is 1. The van der Waals surface area contributed by atoms with Gasteiger partial charge in [-0.2, -0.15) is 0 Å². The molecule has 1 atom stereocenters. The molecule has 1 aliphatic heterocycles. The number of likely N-dealkylation sites (N-methyl/N-ethyl adjacent to an activating group) is 1. The summed E-state index contributed by atoms with van der Waals surface area (Å²) in [5.41, 5.74) is -0.0241. The third-order valence-corrected chi connectivity index (χ3v) is 4.07. The van der Waals surface area contributed by atoms with E-state index in [-0.39, 0.29) is 11.8 Å². The summed E-state index contributed by atoms with van der Waals surface area (Å²) in [5, 5.41) is 10.5. The summed E-state index contributed by atoms with van der Waals surface area (Å²) in [4.78, 5) is 14.3. The number of rotatable bonds is 5. The number of ketones is 1. The van der Waals surface area contributed by atoms with Crippen LogP contribution in [0.25, 0.3) is 0 Å². The van der Waals surface area contributed by atoms with Gasteiger partial charge in [0.05, 0.1) is 11.6 Å². The number of carbonyl (C=O) groups is 1. The Morgan fingerprint density at radius 2 is 1.95 bits per heavy atom. The molecule has 20 heavy (non-hydrogen) atoms. The van der Waals surface area contributed by atoms with E-state index >= 15 is 0 Å². The van der Waals surface area contributed by atoms with E-state index in [4.69, 9.17) is 4.74 Å². The monoisotopic (exact) mass is 277 g/mol. The van der Waals surface area contributed by atoms with E-state index in [1.54, 1.807) is 0 Å². The summed E-state index contributed by atoms with van der Waals surface area (Å²) in [5.74, 6) is 0.0868. The number of Topliss-reactive ketones (excluding diaryl/α,β-unsaturated/α-hetero) is 1. The first kappa shape index (κ1) is 15.2. The first-order valence-corrected chi connectivity index (χ1v) is 7.11. The van der Waals surface area contributed by atoms with Crippen LogP contribution in [0.4, 0.5) is 0 Å². The number of aliphatic hydroxyl groups is 1. The minimum absolute atomic E-state index is 0.0868. The molecule has 1 aromatic rings. The lowest BCUT2D eigenvalue weighted by Gasteiger charge is -2.37. The van der Waals surface area contributed by atoms with Crippen LogP contribution in [0, 0.1) is 0 Å². The van der Waals surface area contributed by atoms with Crippen LogP contribution >= 0.6 is 0 Å². The lowest BCUT2D eigenvalue weighted by molar-refractivity contribution is -0.0791. The van der Waals surface area contributed by atoms with Crippen LogP contribution in [0.1, 0.15) is 30.1 Å². The van der Waals surface area contributed by atoms with Gasteiger partial charge in [-0.05, 0) is 14.0 Å². The van der Waals surface area contributed by atoms with Crippen molar-refractivity contribution in [3.8, 4) is 0 Å². The standard InChI is InChI=1S/C16H23NO3/c1-13(15(18)14-6-4-3-5-7-14)17(2)12-16(19)8-10-20-11-9-16/h3-7,13,19H,8-12H2,1-2H3. The molecule has 0 radical (unpaired) electrons. The molecule has 4 heteroatoms. The van der Waals surface area contributed by atoms with Crippen LogP contribution in [0.5, 0.6) is 0 Å². The number of carbonyl (C=O) groups excluding carboxylic acids is 1. The first-order valence-electron chi connectivity index (χ1n) is 7.11. The highest BCUT2D eigenvalue weighted by Gasteiger charge is 2.33. The van der Waals surface area contributed by atoms with Gasteiger partial charge >= 0.3 is 0 Å². The highest BCUT2D eigenvalue weighted by molar-refractivity contribution is 5.99. The molecule has 4 nitrogen and oxygen atoms in total. The van der Waals surface area contributed by atoms with E-state index in [9.17, 15) is 9.90 Å². The zero-order valence-electron chi connectivity index (χ0n) is 12.2. The van der Waals surface area contributed by atoms with Crippen molar-refractivity contribution in [3.63, 3.8) is 0 Å². The molecule has 0 spiro atoms. The van der Waals surface area contributed by atoms with Crippen molar-refractivity contribution in [2.75, 3.05) is 26.8 Å². The second kappa shape index (κ2) is 6.48. The van der Waals surface area contributed by atoms with Crippen LogP contribution in [0.15, 0.2) is 30.3 Å². The normalized spacial score (nSPS) is 19.8. The number of benzene rings is 1. The minimum Gasteiger partial charge on any atom is -0.388 e. The van der Waals surface area contributed by atoms with Crippen molar-refractivity contribution >= 4 is 5.78 Å². The topological polar surface area (TPSA) is 49.8 Å². The Morgan fingerprint density at radius 1 is 1.35 bits per heavy atom. The molecule has 1 N–H and O–H groups in total. The van der Waals surface area contributed by atoms with Gasteiger partial charge in [-0.15, -0.1) is 0 Å². The highest BCUT2D eigenvalue weighted by Crippen LogP contribution is 2.22. The largest absolute Gasteiger partial charge is 0.388 e. The average molecular weight is 277 g/mol. The molecule has 2 rings (SSSR count). The molecule has 1 saturated heterocycles. The molecule has 0 amide bonds. The van der Waals surface area contributed by atoms with Crippen LogP contribution < -0.4 is 0 Å². The summed E-state index contributed by atoms with van der Waals surface area (Å²) in [6, 6.07) is 9.05. The smallest absolute Gasteiger partial charge is 0.179 e. The molecular formula is C16H23NO3. The zero-order valence-corrected chi connectivity index (χ0v) is 12.2. The summed E-state index contributed by atoms with van der Waals surface area (Å²) in [6.45, 7) is 3.56. The Hall–Kier alpha value is -1.23. The summed E-state index contributed by atoms with van der Waals surface area (Å²) >= 11 is 0. The van der Waals surface area contributed by atoms with Gasteiger partial charge in [-0.25, -0.2) is 0 Å². The third-order valence-electron chi connectivity index (χ3n) is 4.07. The van der Waals surface area contributed by atoms with E-state index < -0.39 is 5.60 Å². The van der Waals surface area contributed by atoms with Gasteiger partial charge in [0, 0.05) is 38.2 Å². The second-order valence-corrected chi connectivity index (χ2v) is 5.66. The quantitative estimate of drug-likeness (QED) is 0.833. The summed E-state index contributed by atoms with van der Waals surface area (Å²) in [6.07, 6.45) is 1.26. The maximum atomic E-state index is 12.4. The van der Waals surface area contributed by atoms with Gasteiger partial charge in [0.25, 0.3) is 0 Å². The molecule has 1 aliphatic rings. The Balaban J connectivity index is 1.98. The van der Waals surface area contributed by atoms with Crippen molar-refractivity contribution in [1.82, 2.24) is 4.90 Å². The van der Waals surface area contributed by atoms with Crippen molar-refractivity contribution < 1.29 is 14.6 Å². The zero-order chi connectivity index (χ0) is 14.6. The van der Waals surface area contributed by atoms with Gasteiger partial charge in [0.15, 0.2) is 5.78 Å². The second-order valence-electron chi connectivity index (χ2n) is 5.66. The lowest BCUT2D eigenvalue weighted by atomic mass is 9.93. The molecule has 110 valence electrons. The number of nitrogens with zero attached hydrogens (tertiary/aromatic N) is 1. The summed E-state index contributed by atoms with van der Waals surface area (Å²) in [7, 11) is 1.89. The van der Waals surface area contributed by atoms with Gasteiger partial charge in [-0.3, -0.25) is 9.69 Å². The van der Waals surface area contributed by atoms with Crippen LogP contribution in [0.2, 0.25) is 0 Å². The van der Waals surface area contributed by atoms with E-state index in [0.29, 0.717) is 38.2 Å². The molecule has 1 fully saturated rings. The Kier molecular flexibility index (Phi) is 4.91. The van der Waals surface area contributed by atoms with Crippen molar-refractivity contribution in [2.24, 2.45) is 0 Å². The molecule has 0 aromatic heterocycles. The van der Waals surface area contributed by atoms with Gasteiger partial charge in [0.1, 0.15) is 0 Å². The van der Waals surface area contributed by atoms with Crippen molar-refractivity contribution in [2.45, 2.75) is 31.4 Å². The Labute approximate surface area is 120 Å². The molecule has 1 unspecified atom stereocenters. The lowest BCUT2D eigenvalue weighted by Crippen LogP contribution is -2.49. The highest BCUT2D eigenvalue weighted by atomic mass is 16.5. The van der Waals surface area contributed by atoms with Crippen LogP contribution in [0.3, 0.4) is 0 Å². The molecule has 1 aromatic carbocycles. The fourth-order valence-electron chi connectivity index (χ4n) is 2.55. The van der Waals surface area contributed by atoms with Crippen molar-refractivity contribution in [1.29, 1.82) is 0 Å². The predicted molar refractivity (Wildman–Crippen MR) is 77.9 cm³/mol. The van der Waals surface area contributed by atoms with E-state index in [2.05, 4.69) is 0 Å². The fourth-order valence-corrected chi connectivity index (χ4v) is 2.55. The Bertz CT molecular complexity index is 440. The van der Waals surface area contributed by atoms with E-state index in [1.165, 1.54) is 0 Å². The fraction of sp³-hybridized carbons (Fsp3) is 0.562. The minimum atomic E-state index is -0.738. The maximum absolute atomic E-state index is 12.4. The number of ether oxygens (including phenoxy) is 1. The van der Waals surface area contributed by atoms with Crippen LogP contribution in [-0.2, 0) is 4.74 Å². The SMILES string of the molecule is CC(C(=O)c1ccccc1)N(C)CC1(O)CCOCC1. The summed E-state index contributed by atoms with van der Waals surface area (Å²) < 4.78 is 5.28. The van der Waals surface area contributed by atoms with Gasteiger partial charge < -0.3 is 9.84 Å². The Morgan fingerprint density at radius 3 is 2.55 bits per heavy atom. The van der Waals surface area contributed by atoms with E-state index in [0.717, 1.165) is 0 Å². The molecule has 0 bridgehead atoms. The predicted octanol–water partition coefficient (Wildman–Crippen LogP) is 1.73. The maximum Gasteiger partial charge on any atom is 0.179 e. The van der Waals surface area contributed by atoms with Crippen LogP contribution in [-0.4, -0.2) is 54.2 Å². The molecular weight excluding hydrogens is 254 g/mol. The van der Waals surface area contributed by atoms with E-state index in [1.807, 2.05) is 49.2 Å².